The lowest BCUT2D eigenvalue weighted by Gasteiger charge is -2.07. The number of hydrogen-bond acceptors (Lipinski definition) is 5. The summed E-state index contributed by atoms with van der Waals surface area (Å²) in [5, 5.41) is 21.6. The third-order valence-electron chi connectivity index (χ3n) is 5.33. The van der Waals surface area contributed by atoms with Crippen LogP contribution in [-0.4, -0.2) is 30.8 Å². The molecule has 3 amide bonds. The topological polar surface area (TPSA) is 149 Å². The summed E-state index contributed by atoms with van der Waals surface area (Å²) in [6, 6.07) is 2.83. The van der Waals surface area contributed by atoms with Gasteiger partial charge in [0.2, 0.25) is 23.6 Å². The molecule has 0 aliphatic carbocycles. The minimum absolute atomic E-state index is 0.111. The maximum Gasteiger partial charge on any atom is 0.249 e. The second-order valence-electron chi connectivity index (χ2n) is 8.54. The number of primary amides is 1. The van der Waals surface area contributed by atoms with Gasteiger partial charge in [0, 0.05) is 25.9 Å². The van der Waals surface area contributed by atoms with Gasteiger partial charge in [0.05, 0.1) is 12.1 Å². The van der Waals surface area contributed by atoms with Crippen molar-refractivity contribution < 1.29 is 14.4 Å². The van der Waals surface area contributed by atoms with E-state index in [9.17, 15) is 14.4 Å². The predicted molar refractivity (Wildman–Crippen MR) is 135 cm³/mol. The van der Waals surface area contributed by atoms with E-state index in [0.717, 1.165) is 25.7 Å². The summed E-state index contributed by atoms with van der Waals surface area (Å²) >= 11 is 0. The number of nitrogens with two attached hydrogens (primary N) is 1. The van der Waals surface area contributed by atoms with Gasteiger partial charge in [-0.2, -0.15) is 10.5 Å². The van der Waals surface area contributed by atoms with Crippen molar-refractivity contribution in [3.8, 4) is 12.1 Å². The molecule has 8 nitrogen and oxygen atoms in total. The van der Waals surface area contributed by atoms with Gasteiger partial charge in [0.25, 0.3) is 0 Å². The molecule has 0 aromatic carbocycles. The zero-order chi connectivity index (χ0) is 25.9. The zero-order valence-electron chi connectivity index (χ0n) is 21.5. The summed E-state index contributed by atoms with van der Waals surface area (Å²) < 4.78 is 0. The van der Waals surface area contributed by atoms with Crippen molar-refractivity contribution >= 4 is 17.7 Å². The Hall–Kier alpha value is -2.61. The Kier molecular flexibility index (Phi) is 26.3. The highest BCUT2D eigenvalue weighted by Crippen LogP contribution is 2.09. The fourth-order valence-corrected chi connectivity index (χ4v) is 3.22. The first-order valence-electron chi connectivity index (χ1n) is 13.0. The van der Waals surface area contributed by atoms with Crippen LogP contribution in [0.25, 0.3) is 0 Å². The van der Waals surface area contributed by atoms with E-state index in [4.69, 9.17) is 10.5 Å². The molecule has 0 unspecified atom stereocenters. The number of amides is 3. The normalized spacial score (nSPS) is 9.91. The molecule has 0 rings (SSSR count). The van der Waals surface area contributed by atoms with Crippen molar-refractivity contribution in [3.63, 3.8) is 0 Å². The minimum Gasteiger partial charge on any atom is -0.368 e. The van der Waals surface area contributed by atoms with Crippen molar-refractivity contribution in [1.82, 2.24) is 10.6 Å². The fourth-order valence-electron chi connectivity index (χ4n) is 3.22. The predicted octanol–water partition coefficient (Wildman–Crippen LogP) is 4.64. The average molecular weight is 478 g/mol. The van der Waals surface area contributed by atoms with E-state index < -0.39 is 11.8 Å². The Morgan fingerprint density at radius 1 is 0.647 bits per heavy atom. The third-order valence-corrected chi connectivity index (χ3v) is 5.33. The van der Waals surface area contributed by atoms with Crippen LogP contribution in [0.3, 0.4) is 0 Å². The lowest BCUT2D eigenvalue weighted by atomic mass is 10.1. The molecule has 4 N–H and O–H groups in total. The standard InChI is InChI=1S/C22H44N2O2.C4H3N3O/c1-3-5-7-9-11-13-15-17-21(25)23-19-20-24-22(26)18-16-14-12-10-8-6-4-2;5-1-3(2-6)4(7)8/h3-20H2,1-2H3,(H,23,25)(H,24,26);3H,(H2,7,8). The molecule has 0 saturated carbocycles. The summed E-state index contributed by atoms with van der Waals surface area (Å²) in [6.07, 6.45) is 18.4. The molecule has 34 heavy (non-hydrogen) atoms. The summed E-state index contributed by atoms with van der Waals surface area (Å²) in [5.74, 6) is -1.97. The smallest absolute Gasteiger partial charge is 0.249 e. The van der Waals surface area contributed by atoms with E-state index in [2.05, 4.69) is 30.2 Å². The molecule has 194 valence electrons. The van der Waals surface area contributed by atoms with Crippen LogP contribution in [0.2, 0.25) is 0 Å². The van der Waals surface area contributed by atoms with Gasteiger partial charge in [-0.25, -0.2) is 0 Å². The van der Waals surface area contributed by atoms with Crippen LogP contribution < -0.4 is 16.4 Å². The number of nitrogens with zero attached hydrogens (tertiary/aromatic N) is 2. The molecule has 0 radical (unpaired) electrons. The van der Waals surface area contributed by atoms with Gasteiger partial charge in [-0.3, -0.25) is 14.4 Å². The number of unbranched alkanes of at least 4 members (excludes halogenated alkanes) is 12. The molecular weight excluding hydrogens is 430 g/mol. The van der Waals surface area contributed by atoms with Gasteiger partial charge >= 0.3 is 0 Å². The van der Waals surface area contributed by atoms with Crippen LogP contribution >= 0.6 is 0 Å². The van der Waals surface area contributed by atoms with E-state index in [0.29, 0.717) is 25.9 Å². The number of carbonyl (C=O) groups excluding carboxylic acids is 3. The van der Waals surface area contributed by atoms with Crippen LogP contribution in [0.5, 0.6) is 0 Å². The molecule has 8 heteroatoms. The average Bonchev–Trinajstić information content (AvgIpc) is 2.81. The number of hydrogen-bond donors (Lipinski definition) is 3. The highest BCUT2D eigenvalue weighted by Gasteiger charge is 2.10. The molecule has 0 bridgehead atoms. The zero-order valence-corrected chi connectivity index (χ0v) is 21.5. The van der Waals surface area contributed by atoms with Crippen LogP contribution in [0.1, 0.15) is 117 Å². The van der Waals surface area contributed by atoms with Crippen molar-refractivity contribution in [2.24, 2.45) is 11.7 Å². The van der Waals surface area contributed by atoms with Crippen LogP contribution in [0, 0.1) is 28.6 Å². The minimum atomic E-state index is -1.30. The van der Waals surface area contributed by atoms with Crippen LogP contribution in [0.15, 0.2) is 0 Å². The summed E-state index contributed by atoms with van der Waals surface area (Å²) in [4.78, 5) is 33.4. The fraction of sp³-hybridized carbons (Fsp3) is 0.808. The molecule has 0 aromatic rings. The Morgan fingerprint density at radius 3 is 1.24 bits per heavy atom. The lowest BCUT2D eigenvalue weighted by Crippen LogP contribution is -2.34. The van der Waals surface area contributed by atoms with E-state index >= 15 is 0 Å². The molecular formula is C26H47N5O3. The first-order chi connectivity index (χ1) is 16.4. The highest BCUT2D eigenvalue weighted by molar-refractivity contribution is 5.81. The number of nitriles is 2. The molecule has 0 fully saturated rings. The van der Waals surface area contributed by atoms with Crippen molar-refractivity contribution in [2.75, 3.05) is 13.1 Å². The van der Waals surface area contributed by atoms with E-state index in [1.807, 2.05) is 0 Å². The van der Waals surface area contributed by atoms with Gasteiger partial charge < -0.3 is 16.4 Å². The SMILES string of the molecule is CCCCCCCCCC(=O)NCCNC(=O)CCCCCCCCC.N#CC(C#N)C(N)=O. The van der Waals surface area contributed by atoms with Gasteiger partial charge in [0.15, 0.2) is 0 Å². The quantitative estimate of drug-likeness (QED) is 0.218. The van der Waals surface area contributed by atoms with E-state index in [-0.39, 0.29) is 11.8 Å². The van der Waals surface area contributed by atoms with Crippen molar-refractivity contribution in [3.05, 3.63) is 0 Å². The Morgan fingerprint density at radius 2 is 0.971 bits per heavy atom. The molecule has 0 aliphatic heterocycles. The van der Waals surface area contributed by atoms with Gasteiger partial charge in [0.1, 0.15) is 0 Å². The summed E-state index contributed by atoms with van der Waals surface area (Å²) in [6.45, 7) is 5.53. The summed E-state index contributed by atoms with van der Waals surface area (Å²) in [7, 11) is 0. The molecule has 0 aromatic heterocycles. The number of rotatable bonds is 20. The first-order valence-corrected chi connectivity index (χ1v) is 13.0. The second-order valence-corrected chi connectivity index (χ2v) is 8.54. The number of nitrogens with one attached hydrogen (secondary N) is 2. The molecule has 0 heterocycles. The van der Waals surface area contributed by atoms with Crippen LogP contribution in [0.4, 0.5) is 0 Å². The van der Waals surface area contributed by atoms with Crippen LogP contribution in [-0.2, 0) is 14.4 Å². The summed E-state index contributed by atoms with van der Waals surface area (Å²) in [5.41, 5.74) is 4.57. The molecule has 0 aliphatic rings. The Balaban J connectivity index is 0. The third kappa shape index (κ3) is 25.6. The highest BCUT2D eigenvalue weighted by atomic mass is 16.2. The molecule has 0 atom stereocenters. The second kappa shape index (κ2) is 26.6. The molecule has 0 saturated heterocycles. The number of carbonyl (C=O) groups is 3. The maximum absolute atomic E-state index is 11.7. The monoisotopic (exact) mass is 477 g/mol. The Labute approximate surface area is 207 Å². The largest absolute Gasteiger partial charge is 0.368 e. The van der Waals surface area contributed by atoms with Crippen molar-refractivity contribution in [2.45, 2.75) is 117 Å². The van der Waals surface area contributed by atoms with Gasteiger partial charge in [-0.05, 0) is 12.8 Å². The van der Waals surface area contributed by atoms with E-state index in [1.54, 1.807) is 0 Å². The maximum atomic E-state index is 11.7. The first kappa shape index (κ1) is 33.6. The van der Waals surface area contributed by atoms with Crippen molar-refractivity contribution in [1.29, 1.82) is 10.5 Å². The lowest BCUT2D eigenvalue weighted by molar-refractivity contribution is -0.123. The van der Waals surface area contributed by atoms with Gasteiger partial charge in [-0.15, -0.1) is 0 Å². The van der Waals surface area contributed by atoms with Gasteiger partial charge in [-0.1, -0.05) is 90.9 Å². The van der Waals surface area contributed by atoms with E-state index in [1.165, 1.54) is 76.3 Å². The Bertz CT molecular complexity index is 565. The molecule has 0 spiro atoms.